The zero-order chi connectivity index (χ0) is 14.7. The topological polar surface area (TPSA) is 35.6 Å². The zero-order valence-corrected chi connectivity index (χ0v) is 12.5. The minimum Gasteiger partial charge on any atom is -0.366 e. The third-order valence-electron chi connectivity index (χ3n) is 3.48. The van der Waals surface area contributed by atoms with Crippen molar-refractivity contribution in [2.75, 3.05) is 38.1 Å². The molecule has 0 bridgehead atoms. The number of carbonyl (C=O) groups is 1. The van der Waals surface area contributed by atoms with E-state index in [-0.39, 0.29) is 11.6 Å². The molecule has 0 unspecified atom stereocenters. The van der Waals surface area contributed by atoms with E-state index in [0.717, 1.165) is 18.2 Å². The van der Waals surface area contributed by atoms with E-state index in [0.29, 0.717) is 24.3 Å². The van der Waals surface area contributed by atoms with Crippen LogP contribution in [0.5, 0.6) is 0 Å². The second kappa shape index (κ2) is 6.17. The minimum atomic E-state index is -0.345. The summed E-state index contributed by atoms with van der Waals surface area (Å²) in [6.45, 7) is 4.36. The normalized spacial score (nSPS) is 15.2. The number of nitrogens with zero attached hydrogens (tertiary/aromatic N) is 2. The molecule has 0 aliphatic carbocycles. The fourth-order valence-electron chi connectivity index (χ4n) is 2.29. The molecule has 0 saturated carbocycles. The lowest BCUT2D eigenvalue weighted by Gasteiger charge is -2.37. The molecule has 1 aliphatic heterocycles. The Morgan fingerprint density at radius 1 is 1.30 bits per heavy atom. The molecular formula is C14H18FN3OS. The zero-order valence-electron chi connectivity index (χ0n) is 11.6. The Morgan fingerprint density at radius 2 is 1.95 bits per heavy atom. The number of nitrogens with one attached hydrogen (secondary N) is 1. The number of carbonyl (C=O) groups excluding carboxylic acids is 1. The van der Waals surface area contributed by atoms with Gasteiger partial charge < -0.3 is 15.1 Å². The highest BCUT2D eigenvalue weighted by Crippen LogP contribution is 2.22. The molecule has 1 N–H and O–H groups in total. The van der Waals surface area contributed by atoms with Gasteiger partial charge >= 0.3 is 0 Å². The quantitative estimate of drug-likeness (QED) is 0.663. The van der Waals surface area contributed by atoms with Crippen LogP contribution in [-0.2, 0) is 0 Å². The Labute approximate surface area is 123 Å². The predicted molar refractivity (Wildman–Crippen MR) is 81.8 cm³/mol. The van der Waals surface area contributed by atoms with E-state index < -0.39 is 0 Å². The molecule has 4 nitrogen and oxygen atoms in total. The number of anilines is 1. The highest BCUT2D eigenvalue weighted by Gasteiger charge is 2.20. The maximum absolute atomic E-state index is 14.1. The van der Waals surface area contributed by atoms with E-state index in [1.807, 2.05) is 4.90 Å². The van der Waals surface area contributed by atoms with Crippen molar-refractivity contribution in [3.05, 3.63) is 29.6 Å². The standard InChI is InChI=1S/C14H18FN3OS/c1-10(19)11-3-4-13(12(15)9-11)17-5-7-18(8-6-17)14(20)16-2/h3-4,9H,5-8H2,1-2H3,(H,16,20). The Balaban J connectivity index is 2.07. The van der Waals surface area contributed by atoms with Crippen molar-refractivity contribution in [1.82, 2.24) is 10.2 Å². The number of thiocarbonyl (C=S) groups is 1. The van der Waals surface area contributed by atoms with Gasteiger partial charge in [-0.25, -0.2) is 4.39 Å². The first-order chi connectivity index (χ1) is 9.52. The van der Waals surface area contributed by atoms with Crippen molar-refractivity contribution < 1.29 is 9.18 Å². The molecule has 1 fully saturated rings. The highest BCUT2D eigenvalue weighted by molar-refractivity contribution is 7.80. The summed E-state index contributed by atoms with van der Waals surface area (Å²) in [5, 5.41) is 3.67. The van der Waals surface area contributed by atoms with Gasteiger partial charge in [0.1, 0.15) is 5.82 Å². The van der Waals surface area contributed by atoms with Crippen LogP contribution in [0.3, 0.4) is 0 Å². The van der Waals surface area contributed by atoms with E-state index >= 15 is 0 Å². The summed E-state index contributed by atoms with van der Waals surface area (Å²) < 4.78 is 14.1. The van der Waals surface area contributed by atoms with Gasteiger partial charge in [-0.15, -0.1) is 0 Å². The van der Waals surface area contributed by atoms with Crippen molar-refractivity contribution in [2.45, 2.75) is 6.92 Å². The second-order valence-electron chi connectivity index (χ2n) is 4.75. The second-order valence-corrected chi connectivity index (χ2v) is 5.14. The predicted octanol–water partition coefficient (Wildman–Crippen LogP) is 1.65. The largest absolute Gasteiger partial charge is 0.366 e. The number of piperazine rings is 1. The van der Waals surface area contributed by atoms with Gasteiger partial charge in [-0.05, 0) is 37.3 Å². The van der Waals surface area contributed by atoms with Crippen molar-refractivity contribution in [3.8, 4) is 0 Å². The fraction of sp³-hybridized carbons (Fsp3) is 0.429. The summed E-state index contributed by atoms with van der Waals surface area (Å²) in [6.07, 6.45) is 0. The van der Waals surface area contributed by atoms with Crippen LogP contribution in [0.4, 0.5) is 10.1 Å². The smallest absolute Gasteiger partial charge is 0.168 e. The number of benzene rings is 1. The van der Waals surface area contributed by atoms with Gasteiger partial charge in [0.2, 0.25) is 0 Å². The molecule has 6 heteroatoms. The molecule has 1 saturated heterocycles. The first kappa shape index (κ1) is 14.7. The molecule has 1 aliphatic rings. The molecule has 2 rings (SSSR count). The molecule has 0 aromatic heterocycles. The van der Waals surface area contributed by atoms with Crippen LogP contribution in [0.1, 0.15) is 17.3 Å². The minimum absolute atomic E-state index is 0.125. The number of hydrogen-bond donors (Lipinski definition) is 1. The fourth-order valence-corrected chi connectivity index (χ4v) is 2.47. The summed E-state index contributed by atoms with van der Waals surface area (Å²) in [6, 6.07) is 4.66. The van der Waals surface area contributed by atoms with Crippen LogP contribution in [0.25, 0.3) is 0 Å². The third-order valence-corrected chi connectivity index (χ3v) is 3.94. The molecule has 20 heavy (non-hydrogen) atoms. The summed E-state index contributed by atoms with van der Waals surface area (Å²) in [4.78, 5) is 15.3. The van der Waals surface area contributed by atoms with Crippen LogP contribution in [0.15, 0.2) is 18.2 Å². The van der Waals surface area contributed by atoms with Gasteiger partial charge in [-0.1, -0.05) is 0 Å². The lowest BCUT2D eigenvalue weighted by Crippen LogP contribution is -2.51. The van der Waals surface area contributed by atoms with Crippen LogP contribution in [0, 0.1) is 5.82 Å². The number of Topliss-reactive ketones (excluding diaryl/α,β-unsaturated/α-hetero) is 1. The van der Waals surface area contributed by atoms with Crippen molar-refractivity contribution in [1.29, 1.82) is 0 Å². The van der Waals surface area contributed by atoms with E-state index in [9.17, 15) is 9.18 Å². The van der Waals surface area contributed by atoms with Gasteiger partial charge in [-0.2, -0.15) is 0 Å². The molecule has 1 aromatic carbocycles. The van der Waals surface area contributed by atoms with Crippen LogP contribution in [0.2, 0.25) is 0 Å². The molecule has 0 amide bonds. The van der Waals surface area contributed by atoms with Gasteiger partial charge in [0.05, 0.1) is 5.69 Å². The molecule has 0 spiro atoms. The Kier molecular flexibility index (Phi) is 4.54. The third kappa shape index (κ3) is 3.07. The van der Waals surface area contributed by atoms with E-state index in [1.54, 1.807) is 19.2 Å². The molecule has 1 heterocycles. The summed E-state index contributed by atoms with van der Waals surface area (Å²) in [5.74, 6) is -0.470. The SMILES string of the molecule is CNC(=S)N1CCN(c2ccc(C(C)=O)cc2F)CC1. The van der Waals surface area contributed by atoms with E-state index in [1.165, 1.54) is 13.0 Å². The number of hydrogen-bond acceptors (Lipinski definition) is 3. The van der Waals surface area contributed by atoms with Crippen molar-refractivity contribution in [3.63, 3.8) is 0 Å². The molecule has 0 atom stereocenters. The number of ketones is 1. The van der Waals surface area contributed by atoms with Gasteiger partial charge in [0.15, 0.2) is 10.9 Å². The first-order valence-corrected chi connectivity index (χ1v) is 6.96. The number of halogens is 1. The van der Waals surface area contributed by atoms with Gasteiger partial charge in [-0.3, -0.25) is 4.79 Å². The molecule has 1 aromatic rings. The van der Waals surface area contributed by atoms with E-state index in [2.05, 4.69) is 10.2 Å². The summed E-state index contributed by atoms with van der Waals surface area (Å²) in [7, 11) is 1.80. The van der Waals surface area contributed by atoms with Crippen molar-refractivity contribution in [2.24, 2.45) is 0 Å². The first-order valence-electron chi connectivity index (χ1n) is 6.55. The van der Waals surface area contributed by atoms with Crippen LogP contribution in [-0.4, -0.2) is 49.0 Å². The lowest BCUT2D eigenvalue weighted by atomic mass is 10.1. The van der Waals surface area contributed by atoms with E-state index in [4.69, 9.17) is 12.2 Å². The molecular weight excluding hydrogens is 277 g/mol. The molecule has 108 valence electrons. The maximum Gasteiger partial charge on any atom is 0.168 e. The average Bonchev–Trinajstić information content (AvgIpc) is 2.46. The van der Waals surface area contributed by atoms with Crippen LogP contribution < -0.4 is 10.2 Å². The average molecular weight is 295 g/mol. The summed E-state index contributed by atoms with van der Waals surface area (Å²) >= 11 is 5.19. The Bertz CT molecular complexity index is 527. The number of rotatable bonds is 2. The maximum atomic E-state index is 14.1. The molecule has 0 radical (unpaired) electrons. The van der Waals surface area contributed by atoms with Crippen LogP contribution >= 0.6 is 12.2 Å². The Morgan fingerprint density at radius 3 is 2.45 bits per heavy atom. The summed E-state index contributed by atoms with van der Waals surface area (Å²) in [5.41, 5.74) is 0.950. The Hall–Kier alpha value is -1.69. The lowest BCUT2D eigenvalue weighted by molar-refractivity contribution is 0.101. The van der Waals surface area contributed by atoms with Gasteiger partial charge in [0.25, 0.3) is 0 Å². The highest BCUT2D eigenvalue weighted by atomic mass is 32.1. The monoisotopic (exact) mass is 295 g/mol. The van der Waals surface area contributed by atoms with Crippen molar-refractivity contribution >= 4 is 28.8 Å². The van der Waals surface area contributed by atoms with Gasteiger partial charge in [0, 0.05) is 38.8 Å².